The standard InChI is InChI=1S/C8H12N2.C4H5NS/c1-5-3-4-7(9)8(10)6(5)2;1-2-4-6-5-3-1/h3-4H,9-10H2,1-2H3;1-5H. The van der Waals surface area contributed by atoms with Crippen molar-refractivity contribution < 1.29 is 0 Å². The predicted molar refractivity (Wildman–Crippen MR) is 73.7 cm³/mol. The van der Waals surface area contributed by atoms with Crippen LogP contribution in [-0.2, 0) is 0 Å². The average molecular weight is 235 g/mol. The molecule has 0 aromatic heterocycles. The molecule has 86 valence electrons. The van der Waals surface area contributed by atoms with Crippen LogP contribution in [-0.4, -0.2) is 0 Å². The molecule has 0 spiro atoms. The Morgan fingerprint density at radius 2 is 1.88 bits per heavy atom. The first-order valence-corrected chi connectivity index (χ1v) is 5.85. The molecule has 0 atom stereocenters. The number of rotatable bonds is 0. The zero-order chi connectivity index (χ0) is 12.0. The zero-order valence-corrected chi connectivity index (χ0v) is 10.3. The maximum atomic E-state index is 5.66. The summed E-state index contributed by atoms with van der Waals surface area (Å²) in [5, 5.41) is 1.99. The van der Waals surface area contributed by atoms with Crippen LogP contribution in [0.5, 0.6) is 0 Å². The van der Waals surface area contributed by atoms with E-state index in [1.165, 1.54) is 5.56 Å². The Bertz CT molecular complexity index is 372. The first kappa shape index (κ1) is 12.5. The number of nitrogen functional groups attached to an aromatic ring is 2. The van der Waals surface area contributed by atoms with Gasteiger partial charge in [-0.3, -0.25) is 0 Å². The summed E-state index contributed by atoms with van der Waals surface area (Å²) in [7, 11) is 0. The SMILES string of the molecule is C1=CNSC=C1.Cc1ccc(N)c(N)c1C. The van der Waals surface area contributed by atoms with Gasteiger partial charge in [-0.15, -0.1) is 0 Å². The van der Waals surface area contributed by atoms with Gasteiger partial charge in [-0.05, 0) is 54.5 Å². The third kappa shape index (κ3) is 3.55. The van der Waals surface area contributed by atoms with E-state index in [0.717, 1.165) is 5.56 Å². The summed E-state index contributed by atoms with van der Waals surface area (Å²) in [6, 6.07) is 3.80. The van der Waals surface area contributed by atoms with Gasteiger partial charge in [-0.1, -0.05) is 12.1 Å². The molecule has 0 amide bonds. The second-order valence-corrected chi connectivity index (χ2v) is 4.18. The van der Waals surface area contributed by atoms with E-state index in [-0.39, 0.29) is 0 Å². The molecule has 0 saturated heterocycles. The lowest BCUT2D eigenvalue weighted by atomic mass is 10.1. The van der Waals surface area contributed by atoms with E-state index in [2.05, 4.69) is 4.72 Å². The Morgan fingerprint density at radius 1 is 1.12 bits per heavy atom. The van der Waals surface area contributed by atoms with Gasteiger partial charge >= 0.3 is 0 Å². The molecule has 1 heterocycles. The molecule has 4 heteroatoms. The van der Waals surface area contributed by atoms with Gasteiger partial charge in [0.25, 0.3) is 0 Å². The molecule has 2 rings (SSSR count). The molecule has 5 N–H and O–H groups in total. The molecule has 3 nitrogen and oxygen atoms in total. The molecule has 16 heavy (non-hydrogen) atoms. The van der Waals surface area contributed by atoms with Gasteiger partial charge in [-0.2, -0.15) is 0 Å². The molecular weight excluding hydrogens is 218 g/mol. The quantitative estimate of drug-likeness (QED) is 0.478. The second kappa shape index (κ2) is 6.12. The van der Waals surface area contributed by atoms with Crippen molar-refractivity contribution in [1.82, 2.24) is 4.72 Å². The molecular formula is C12H17N3S. The summed E-state index contributed by atoms with van der Waals surface area (Å²) >= 11 is 1.58. The lowest BCUT2D eigenvalue weighted by molar-refractivity contribution is 1.35. The monoisotopic (exact) mass is 235 g/mol. The van der Waals surface area contributed by atoms with E-state index in [9.17, 15) is 0 Å². The predicted octanol–water partition coefficient (Wildman–Crippen LogP) is 2.73. The summed E-state index contributed by atoms with van der Waals surface area (Å²) in [4.78, 5) is 0. The van der Waals surface area contributed by atoms with Crippen LogP contribution in [0, 0.1) is 13.8 Å². The van der Waals surface area contributed by atoms with Crippen molar-refractivity contribution in [3.63, 3.8) is 0 Å². The van der Waals surface area contributed by atoms with Crippen molar-refractivity contribution in [2.75, 3.05) is 11.5 Å². The van der Waals surface area contributed by atoms with Crippen LogP contribution >= 0.6 is 11.9 Å². The summed E-state index contributed by atoms with van der Waals surface area (Å²) in [6.07, 6.45) is 5.84. The molecule has 1 aromatic carbocycles. The number of hydrogen-bond acceptors (Lipinski definition) is 4. The minimum Gasteiger partial charge on any atom is -0.397 e. The lowest BCUT2D eigenvalue weighted by Crippen LogP contribution is -1.98. The highest BCUT2D eigenvalue weighted by molar-refractivity contribution is 8.00. The molecule has 1 aliphatic heterocycles. The summed E-state index contributed by atoms with van der Waals surface area (Å²) < 4.78 is 2.93. The van der Waals surface area contributed by atoms with E-state index in [1.807, 2.05) is 49.7 Å². The Labute approximate surface area is 101 Å². The van der Waals surface area contributed by atoms with Crippen molar-refractivity contribution in [2.45, 2.75) is 13.8 Å². The van der Waals surface area contributed by atoms with Crippen molar-refractivity contribution in [2.24, 2.45) is 0 Å². The van der Waals surface area contributed by atoms with Crippen molar-refractivity contribution in [3.05, 3.63) is 47.0 Å². The molecule has 0 radical (unpaired) electrons. The van der Waals surface area contributed by atoms with Gasteiger partial charge in [0, 0.05) is 6.20 Å². The van der Waals surface area contributed by atoms with Crippen LogP contribution in [0.25, 0.3) is 0 Å². The van der Waals surface area contributed by atoms with Crippen LogP contribution in [0.3, 0.4) is 0 Å². The van der Waals surface area contributed by atoms with Gasteiger partial charge in [0.2, 0.25) is 0 Å². The Balaban J connectivity index is 0.000000181. The van der Waals surface area contributed by atoms with E-state index >= 15 is 0 Å². The Kier molecular flexibility index (Phi) is 4.79. The van der Waals surface area contributed by atoms with Crippen LogP contribution in [0.2, 0.25) is 0 Å². The molecule has 0 fully saturated rings. The average Bonchev–Trinajstić information content (AvgIpc) is 2.35. The minimum atomic E-state index is 0.670. The number of allylic oxidation sites excluding steroid dienone is 2. The molecule has 1 aromatic rings. The van der Waals surface area contributed by atoms with Crippen molar-refractivity contribution in [1.29, 1.82) is 0 Å². The van der Waals surface area contributed by atoms with Crippen LogP contribution < -0.4 is 16.2 Å². The number of benzene rings is 1. The Morgan fingerprint density at radius 3 is 2.25 bits per heavy atom. The number of anilines is 2. The lowest BCUT2D eigenvalue weighted by Gasteiger charge is -2.05. The fraction of sp³-hybridized carbons (Fsp3) is 0.167. The van der Waals surface area contributed by atoms with Gasteiger partial charge in [0.05, 0.1) is 11.4 Å². The van der Waals surface area contributed by atoms with E-state index in [1.54, 1.807) is 11.9 Å². The first-order valence-electron chi connectivity index (χ1n) is 4.97. The normalized spacial score (nSPS) is 12.6. The first-order chi connectivity index (χ1) is 7.63. The third-order valence-electron chi connectivity index (χ3n) is 2.31. The van der Waals surface area contributed by atoms with Gasteiger partial charge in [-0.25, -0.2) is 0 Å². The van der Waals surface area contributed by atoms with Crippen LogP contribution in [0.4, 0.5) is 11.4 Å². The maximum Gasteiger partial charge on any atom is 0.0580 e. The van der Waals surface area contributed by atoms with E-state index in [0.29, 0.717) is 11.4 Å². The largest absolute Gasteiger partial charge is 0.397 e. The topological polar surface area (TPSA) is 64.1 Å². The van der Waals surface area contributed by atoms with Gasteiger partial charge in [0.1, 0.15) is 0 Å². The summed E-state index contributed by atoms with van der Waals surface area (Å²) in [6.45, 7) is 3.99. The summed E-state index contributed by atoms with van der Waals surface area (Å²) in [5.74, 6) is 0. The number of nitrogens with one attached hydrogen (secondary N) is 1. The molecule has 0 unspecified atom stereocenters. The zero-order valence-electron chi connectivity index (χ0n) is 9.53. The number of nitrogens with two attached hydrogens (primary N) is 2. The smallest absolute Gasteiger partial charge is 0.0580 e. The van der Waals surface area contributed by atoms with Gasteiger partial charge < -0.3 is 16.2 Å². The highest BCUT2D eigenvalue weighted by atomic mass is 32.2. The fourth-order valence-corrected chi connectivity index (χ4v) is 1.52. The van der Waals surface area contributed by atoms with Crippen molar-refractivity contribution >= 4 is 23.3 Å². The van der Waals surface area contributed by atoms with E-state index in [4.69, 9.17) is 11.5 Å². The maximum absolute atomic E-state index is 5.66. The fourth-order valence-electron chi connectivity index (χ4n) is 1.12. The molecule has 0 saturated carbocycles. The van der Waals surface area contributed by atoms with Crippen LogP contribution in [0.15, 0.2) is 35.9 Å². The summed E-state index contributed by atoms with van der Waals surface area (Å²) in [5.41, 5.74) is 14.9. The number of hydrogen-bond donors (Lipinski definition) is 3. The van der Waals surface area contributed by atoms with Crippen molar-refractivity contribution in [3.8, 4) is 0 Å². The van der Waals surface area contributed by atoms with Gasteiger partial charge in [0.15, 0.2) is 0 Å². The molecule has 0 bridgehead atoms. The Hall–Kier alpha value is -1.55. The molecule has 1 aliphatic rings. The highest BCUT2D eigenvalue weighted by Gasteiger charge is 1.99. The molecule has 0 aliphatic carbocycles. The number of aryl methyl sites for hydroxylation is 1. The third-order valence-corrected chi connectivity index (χ3v) is 2.87. The minimum absolute atomic E-state index is 0.670. The highest BCUT2D eigenvalue weighted by Crippen LogP contribution is 2.21. The van der Waals surface area contributed by atoms with E-state index < -0.39 is 0 Å². The second-order valence-electron chi connectivity index (χ2n) is 3.43. The van der Waals surface area contributed by atoms with Crippen LogP contribution in [0.1, 0.15) is 11.1 Å².